The van der Waals surface area contributed by atoms with Gasteiger partial charge in [-0.2, -0.15) is 5.10 Å². The topological polar surface area (TPSA) is 60.2 Å². The van der Waals surface area contributed by atoms with Gasteiger partial charge in [-0.25, -0.2) is 0 Å². The molecule has 0 unspecified atom stereocenters. The maximum absolute atomic E-state index is 12.5. The highest BCUT2D eigenvalue weighted by atomic mass is 16.5. The molecule has 1 atom stereocenters. The van der Waals surface area contributed by atoms with E-state index in [4.69, 9.17) is 4.74 Å². The van der Waals surface area contributed by atoms with Crippen LogP contribution >= 0.6 is 0 Å². The number of aryl methyl sites for hydroxylation is 1. The van der Waals surface area contributed by atoms with E-state index in [0.717, 1.165) is 40.7 Å². The molecular formula is C21H24N4O2. The van der Waals surface area contributed by atoms with Crippen LogP contribution in [0.4, 0.5) is 0 Å². The van der Waals surface area contributed by atoms with E-state index in [1.807, 2.05) is 38.6 Å². The number of nitrogens with zero attached hydrogens (tertiary/aromatic N) is 4. The molecule has 6 nitrogen and oxygen atoms in total. The molecule has 3 aromatic rings. The number of pyridine rings is 1. The van der Waals surface area contributed by atoms with E-state index in [0.29, 0.717) is 19.6 Å². The Bertz CT molecular complexity index is 966. The predicted octanol–water partition coefficient (Wildman–Crippen LogP) is 2.47. The predicted molar refractivity (Wildman–Crippen MR) is 105 cm³/mol. The van der Waals surface area contributed by atoms with Crippen LogP contribution in [0, 0.1) is 0 Å². The van der Waals surface area contributed by atoms with Crippen molar-refractivity contribution >= 4 is 16.6 Å². The van der Waals surface area contributed by atoms with Crippen molar-refractivity contribution < 1.29 is 9.53 Å². The summed E-state index contributed by atoms with van der Waals surface area (Å²) in [5.74, 6) is 0.194. The van der Waals surface area contributed by atoms with Gasteiger partial charge in [0.05, 0.1) is 31.9 Å². The van der Waals surface area contributed by atoms with Gasteiger partial charge in [0.1, 0.15) is 0 Å². The Hall–Kier alpha value is -2.57. The van der Waals surface area contributed by atoms with E-state index < -0.39 is 0 Å². The number of fused-ring (bicyclic) bond motifs is 1. The van der Waals surface area contributed by atoms with Gasteiger partial charge in [-0.3, -0.25) is 19.4 Å². The van der Waals surface area contributed by atoms with Crippen LogP contribution in [0.25, 0.3) is 21.9 Å². The zero-order valence-corrected chi connectivity index (χ0v) is 15.8. The van der Waals surface area contributed by atoms with Crippen LogP contribution in [0.3, 0.4) is 0 Å². The third kappa shape index (κ3) is 4.23. The average Bonchev–Trinajstić information content (AvgIpc) is 3.07. The second-order valence-electron chi connectivity index (χ2n) is 7.27. The van der Waals surface area contributed by atoms with Gasteiger partial charge in [-0.1, -0.05) is 12.1 Å². The van der Waals surface area contributed by atoms with Gasteiger partial charge in [0.15, 0.2) is 5.78 Å². The number of hydrogen-bond donors (Lipinski definition) is 0. The molecule has 0 bridgehead atoms. The summed E-state index contributed by atoms with van der Waals surface area (Å²) in [7, 11) is 1.91. The van der Waals surface area contributed by atoms with Crippen LogP contribution in [0.5, 0.6) is 0 Å². The highest BCUT2D eigenvalue weighted by Crippen LogP contribution is 2.24. The molecule has 0 N–H and O–H groups in total. The van der Waals surface area contributed by atoms with Crippen molar-refractivity contribution in [3.05, 3.63) is 48.5 Å². The van der Waals surface area contributed by atoms with Crippen LogP contribution in [0.15, 0.2) is 42.9 Å². The molecule has 0 spiro atoms. The van der Waals surface area contributed by atoms with Crippen LogP contribution in [0.1, 0.15) is 12.6 Å². The van der Waals surface area contributed by atoms with E-state index in [2.05, 4.69) is 33.2 Å². The third-order valence-corrected chi connectivity index (χ3v) is 4.92. The zero-order valence-electron chi connectivity index (χ0n) is 15.8. The lowest BCUT2D eigenvalue weighted by molar-refractivity contribution is -0.121. The van der Waals surface area contributed by atoms with E-state index in [9.17, 15) is 4.79 Å². The molecule has 1 aliphatic heterocycles. The minimum atomic E-state index is 0.191. The van der Waals surface area contributed by atoms with Crippen molar-refractivity contribution in [2.75, 3.05) is 26.2 Å². The lowest BCUT2D eigenvalue weighted by Crippen LogP contribution is -2.43. The molecule has 27 heavy (non-hydrogen) atoms. The Balaban J connectivity index is 1.49. The molecule has 0 radical (unpaired) electrons. The van der Waals surface area contributed by atoms with Crippen LogP contribution < -0.4 is 0 Å². The van der Waals surface area contributed by atoms with E-state index >= 15 is 0 Å². The number of hydrogen-bond acceptors (Lipinski definition) is 5. The number of Topliss-reactive ketones (excluding diaryl/α,β-unsaturated/α-hetero) is 1. The van der Waals surface area contributed by atoms with Gasteiger partial charge in [0.2, 0.25) is 0 Å². The summed E-state index contributed by atoms with van der Waals surface area (Å²) in [5.41, 5.74) is 3.01. The van der Waals surface area contributed by atoms with Crippen LogP contribution in [-0.4, -0.2) is 57.8 Å². The molecule has 4 rings (SSSR count). The highest BCUT2D eigenvalue weighted by Gasteiger charge is 2.19. The lowest BCUT2D eigenvalue weighted by atomic mass is 10.0. The minimum absolute atomic E-state index is 0.191. The van der Waals surface area contributed by atoms with Crippen molar-refractivity contribution in [3.63, 3.8) is 0 Å². The molecule has 1 saturated heterocycles. The standard InChI is InChI=1S/C21H24N4O2/c1-15-12-25(5-6-27-15)14-21(26)9-20-8-18-7-16(3-4-17(18)10-22-20)19-11-23-24(2)13-19/h3-4,7-8,10-11,13,15H,5-6,9,12,14H2,1-2H3/t15-/m0/s1. The summed E-state index contributed by atoms with van der Waals surface area (Å²) in [6, 6.07) is 8.29. The molecule has 3 heterocycles. The molecule has 0 aliphatic carbocycles. The highest BCUT2D eigenvalue weighted by molar-refractivity contribution is 5.88. The first kappa shape index (κ1) is 17.8. The molecule has 2 aromatic heterocycles. The summed E-state index contributed by atoms with van der Waals surface area (Å²) >= 11 is 0. The largest absolute Gasteiger partial charge is 0.376 e. The van der Waals surface area contributed by atoms with Crippen molar-refractivity contribution in [2.24, 2.45) is 7.05 Å². The number of carbonyl (C=O) groups excluding carboxylic acids is 1. The Kier molecular flexibility index (Phi) is 5.01. The van der Waals surface area contributed by atoms with Gasteiger partial charge in [0, 0.05) is 49.2 Å². The summed E-state index contributed by atoms with van der Waals surface area (Å²) < 4.78 is 7.33. The summed E-state index contributed by atoms with van der Waals surface area (Å²) in [6.45, 7) is 4.82. The van der Waals surface area contributed by atoms with Crippen molar-refractivity contribution in [3.8, 4) is 11.1 Å². The number of ketones is 1. The number of benzene rings is 1. The van der Waals surface area contributed by atoms with Gasteiger partial charge < -0.3 is 4.74 Å². The van der Waals surface area contributed by atoms with Crippen molar-refractivity contribution in [2.45, 2.75) is 19.4 Å². The lowest BCUT2D eigenvalue weighted by Gasteiger charge is -2.30. The molecule has 140 valence electrons. The second-order valence-corrected chi connectivity index (χ2v) is 7.27. The first-order chi connectivity index (χ1) is 13.1. The molecule has 1 aromatic carbocycles. The maximum atomic E-state index is 12.5. The molecule has 0 saturated carbocycles. The number of carbonyl (C=O) groups is 1. The SMILES string of the molecule is C[C@H]1CN(CC(=O)Cc2cc3cc(-c4cnn(C)c4)ccc3cn2)CCO1. The van der Waals surface area contributed by atoms with E-state index in [-0.39, 0.29) is 11.9 Å². The summed E-state index contributed by atoms with van der Waals surface area (Å²) in [4.78, 5) is 19.1. The van der Waals surface area contributed by atoms with E-state index in [1.54, 1.807) is 4.68 Å². The van der Waals surface area contributed by atoms with Crippen molar-refractivity contribution in [1.82, 2.24) is 19.7 Å². The second kappa shape index (κ2) is 7.58. The molecular weight excluding hydrogens is 340 g/mol. The van der Waals surface area contributed by atoms with Gasteiger partial charge >= 0.3 is 0 Å². The minimum Gasteiger partial charge on any atom is -0.376 e. The van der Waals surface area contributed by atoms with Gasteiger partial charge in [-0.15, -0.1) is 0 Å². The summed E-state index contributed by atoms with van der Waals surface area (Å²) in [5, 5.41) is 6.40. The van der Waals surface area contributed by atoms with Gasteiger partial charge in [0.25, 0.3) is 0 Å². The fourth-order valence-corrected chi connectivity index (χ4v) is 3.57. The normalized spacial score (nSPS) is 18.1. The number of aromatic nitrogens is 3. The first-order valence-corrected chi connectivity index (χ1v) is 9.30. The van der Waals surface area contributed by atoms with Crippen LogP contribution in [-0.2, 0) is 23.0 Å². The third-order valence-electron chi connectivity index (χ3n) is 4.92. The Morgan fingerprint density at radius 2 is 2.11 bits per heavy atom. The Labute approximate surface area is 158 Å². The Morgan fingerprint density at radius 1 is 1.22 bits per heavy atom. The van der Waals surface area contributed by atoms with Crippen LogP contribution in [0.2, 0.25) is 0 Å². The zero-order chi connectivity index (χ0) is 18.8. The maximum Gasteiger partial charge on any atom is 0.152 e. The number of morpholine rings is 1. The number of rotatable bonds is 5. The van der Waals surface area contributed by atoms with Gasteiger partial charge in [-0.05, 0) is 30.0 Å². The fourth-order valence-electron chi connectivity index (χ4n) is 3.57. The summed E-state index contributed by atoms with van der Waals surface area (Å²) in [6.07, 6.45) is 6.25. The Morgan fingerprint density at radius 3 is 2.89 bits per heavy atom. The molecule has 0 amide bonds. The number of ether oxygens (including phenoxy) is 1. The molecule has 6 heteroatoms. The molecule has 1 fully saturated rings. The first-order valence-electron chi connectivity index (χ1n) is 9.30. The fraction of sp³-hybridized carbons (Fsp3) is 0.381. The smallest absolute Gasteiger partial charge is 0.152 e. The van der Waals surface area contributed by atoms with Crippen molar-refractivity contribution in [1.29, 1.82) is 0 Å². The quantitative estimate of drug-likeness (QED) is 0.696. The van der Waals surface area contributed by atoms with E-state index in [1.165, 1.54) is 0 Å². The monoisotopic (exact) mass is 364 g/mol. The average molecular weight is 364 g/mol. The molecule has 1 aliphatic rings.